The molecule has 0 heterocycles. The number of carbonyl (C=O) groups excluding carboxylic acids is 3. The number of esters is 2. The molecule has 142 valence electrons. The van der Waals surface area contributed by atoms with Gasteiger partial charge in [-0.2, -0.15) is 5.26 Å². The third-order valence-electron chi connectivity index (χ3n) is 3.65. The molecular weight excluding hydrogens is 362 g/mol. The minimum atomic E-state index is -0.734. The summed E-state index contributed by atoms with van der Waals surface area (Å²) >= 11 is 0. The van der Waals surface area contributed by atoms with Crippen LogP contribution in [0.25, 0.3) is 0 Å². The van der Waals surface area contributed by atoms with E-state index < -0.39 is 17.8 Å². The number of carbonyl (C=O) groups is 3. The van der Waals surface area contributed by atoms with Crippen molar-refractivity contribution in [2.75, 3.05) is 24.9 Å². The zero-order valence-electron chi connectivity index (χ0n) is 15.2. The molecule has 0 unspecified atom stereocenters. The molecule has 0 saturated carbocycles. The van der Waals surface area contributed by atoms with Crippen molar-refractivity contribution in [3.8, 4) is 6.07 Å². The van der Waals surface area contributed by atoms with Crippen LogP contribution in [0.15, 0.2) is 60.3 Å². The summed E-state index contributed by atoms with van der Waals surface area (Å²) in [6, 6.07) is 14.5. The van der Waals surface area contributed by atoms with Crippen molar-refractivity contribution in [2.45, 2.75) is 0 Å². The number of nitrogens with zero attached hydrogens (tertiary/aromatic N) is 1. The van der Waals surface area contributed by atoms with Crippen molar-refractivity contribution >= 4 is 29.2 Å². The fourth-order valence-electron chi connectivity index (χ4n) is 2.27. The first-order valence-corrected chi connectivity index (χ1v) is 8.04. The highest BCUT2D eigenvalue weighted by Crippen LogP contribution is 2.18. The molecule has 28 heavy (non-hydrogen) atoms. The number of hydrogen-bond donors (Lipinski definition) is 2. The van der Waals surface area contributed by atoms with Crippen molar-refractivity contribution in [3.05, 3.63) is 71.4 Å². The molecule has 2 aromatic carbocycles. The topological polar surface area (TPSA) is 118 Å². The summed E-state index contributed by atoms with van der Waals surface area (Å²) in [5.74, 6) is -1.92. The van der Waals surface area contributed by atoms with Gasteiger partial charge in [-0.3, -0.25) is 4.79 Å². The molecule has 0 aromatic heterocycles. The van der Waals surface area contributed by atoms with Crippen molar-refractivity contribution in [3.63, 3.8) is 0 Å². The Morgan fingerprint density at radius 1 is 0.893 bits per heavy atom. The third-order valence-corrected chi connectivity index (χ3v) is 3.65. The molecule has 8 heteroatoms. The summed E-state index contributed by atoms with van der Waals surface area (Å²) in [5.41, 5.74) is 0.703. The molecule has 0 atom stereocenters. The molecular formula is C20H17N3O5. The van der Waals surface area contributed by atoms with Crippen LogP contribution in [0.1, 0.15) is 20.7 Å². The van der Waals surface area contributed by atoms with Crippen molar-refractivity contribution in [2.24, 2.45) is 0 Å². The standard InChI is InChI=1S/C20H17N3O5/c1-27-19(25)14-7-3-5-9-16(14)22-12-13(11-21)18(24)23-17-10-6-4-8-15(17)20(26)28-2/h3-10,12,22H,1-2H3,(H,23,24)/b13-12-. The van der Waals surface area contributed by atoms with Crippen LogP contribution in [0.5, 0.6) is 0 Å². The Morgan fingerprint density at radius 2 is 1.39 bits per heavy atom. The lowest BCUT2D eigenvalue weighted by Crippen LogP contribution is -2.17. The third kappa shape index (κ3) is 4.74. The normalized spacial score (nSPS) is 10.4. The van der Waals surface area contributed by atoms with Gasteiger partial charge in [0.05, 0.1) is 36.7 Å². The number of rotatable bonds is 6. The lowest BCUT2D eigenvalue weighted by atomic mass is 10.1. The highest BCUT2D eigenvalue weighted by molar-refractivity contribution is 6.09. The van der Waals surface area contributed by atoms with E-state index in [-0.39, 0.29) is 22.4 Å². The molecule has 0 spiro atoms. The van der Waals surface area contributed by atoms with E-state index in [0.717, 1.165) is 6.20 Å². The minimum absolute atomic E-state index is 0.152. The van der Waals surface area contributed by atoms with Gasteiger partial charge >= 0.3 is 11.9 Å². The molecule has 2 aromatic rings. The number of amides is 1. The SMILES string of the molecule is COC(=O)c1ccccc1N/C=C(/C#N)C(=O)Nc1ccccc1C(=O)OC. The van der Waals surface area contributed by atoms with Gasteiger partial charge in [-0.15, -0.1) is 0 Å². The molecule has 0 bridgehead atoms. The van der Waals surface area contributed by atoms with Crippen LogP contribution in [-0.4, -0.2) is 32.1 Å². The Morgan fingerprint density at radius 3 is 1.93 bits per heavy atom. The monoisotopic (exact) mass is 379 g/mol. The van der Waals surface area contributed by atoms with Crippen molar-refractivity contribution in [1.82, 2.24) is 0 Å². The van der Waals surface area contributed by atoms with Gasteiger partial charge in [0.1, 0.15) is 11.6 Å². The van der Waals surface area contributed by atoms with Gasteiger partial charge < -0.3 is 20.1 Å². The number of anilines is 2. The molecule has 0 radical (unpaired) electrons. The van der Waals surface area contributed by atoms with E-state index in [1.54, 1.807) is 42.5 Å². The predicted octanol–water partition coefficient (Wildman–Crippen LogP) is 2.72. The number of nitriles is 1. The molecule has 0 saturated heterocycles. The maximum Gasteiger partial charge on any atom is 0.339 e. The Hall–Kier alpha value is -4.12. The number of hydrogen-bond acceptors (Lipinski definition) is 7. The minimum Gasteiger partial charge on any atom is -0.465 e. The summed E-state index contributed by atoms with van der Waals surface area (Å²) in [6.45, 7) is 0. The van der Waals surface area contributed by atoms with Gasteiger partial charge in [-0.1, -0.05) is 24.3 Å². The summed E-state index contributed by atoms with van der Waals surface area (Å²) < 4.78 is 9.37. The molecule has 0 fully saturated rings. The zero-order valence-corrected chi connectivity index (χ0v) is 15.2. The number of nitrogens with one attached hydrogen (secondary N) is 2. The van der Waals surface area contributed by atoms with E-state index in [2.05, 4.69) is 15.4 Å². The second-order valence-electron chi connectivity index (χ2n) is 5.34. The number of para-hydroxylation sites is 2. The second kappa shape index (κ2) is 9.54. The van der Waals surface area contributed by atoms with Crippen LogP contribution in [0.2, 0.25) is 0 Å². The highest BCUT2D eigenvalue weighted by atomic mass is 16.5. The Bertz CT molecular complexity index is 976. The van der Waals surface area contributed by atoms with E-state index in [9.17, 15) is 19.6 Å². The molecule has 8 nitrogen and oxygen atoms in total. The van der Waals surface area contributed by atoms with E-state index in [0.29, 0.717) is 5.69 Å². The average molecular weight is 379 g/mol. The molecule has 0 aliphatic heterocycles. The average Bonchev–Trinajstić information content (AvgIpc) is 2.73. The summed E-state index contributed by atoms with van der Waals surface area (Å²) in [5, 5.41) is 14.6. The van der Waals surface area contributed by atoms with Crippen LogP contribution in [0, 0.1) is 11.3 Å². The maximum atomic E-state index is 12.4. The Labute approximate surface area is 161 Å². The van der Waals surface area contributed by atoms with E-state index in [1.165, 1.54) is 26.4 Å². The summed E-state index contributed by atoms with van der Waals surface area (Å²) in [4.78, 5) is 36.0. The van der Waals surface area contributed by atoms with Crippen molar-refractivity contribution in [1.29, 1.82) is 5.26 Å². The first-order chi connectivity index (χ1) is 13.5. The van der Waals surface area contributed by atoms with E-state index >= 15 is 0 Å². The van der Waals surface area contributed by atoms with Gasteiger partial charge in [0.15, 0.2) is 0 Å². The first kappa shape index (κ1) is 20.2. The Kier molecular flexibility index (Phi) is 6.88. The largest absolute Gasteiger partial charge is 0.465 e. The van der Waals surface area contributed by atoms with Crippen LogP contribution in [0.4, 0.5) is 11.4 Å². The summed E-state index contributed by atoms with van der Waals surface area (Å²) in [6.07, 6.45) is 1.16. The fourth-order valence-corrected chi connectivity index (χ4v) is 2.27. The highest BCUT2D eigenvalue weighted by Gasteiger charge is 2.16. The Balaban J connectivity index is 2.23. The molecule has 0 aliphatic carbocycles. The van der Waals surface area contributed by atoms with Crippen LogP contribution < -0.4 is 10.6 Å². The maximum absolute atomic E-state index is 12.4. The van der Waals surface area contributed by atoms with Crippen LogP contribution >= 0.6 is 0 Å². The predicted molar refractivity (Wildman–Crippen MR) is 102 cm³/mol. The van der Waals surface area contributed by atoms with Gasteiger partial charge in [-0.05, 0) is 24.3 Å². The fraction of sp³-hybridized carbons (Fsp3) is 0.100. The molecule has 2 N–H and O–H groups in total. The van der Waals surface area contributed by atoms with Crippen LogP contribution in [0.3, 0.4) is 0 Å². The number of methoxy groups -OCH3 is 2. The van der Waals surface area contributed by atoms with Gasteiger partial charge in [-0.25, -0.2) is 9.59 Å². The van der Waals surface area contributed by atoms with Gasteiger partial charge in [0, 0.05) is 6.20 Å². The zero-order chi connectivity index (χ0) is 20.5. The van der Waals surface area contributed by atoms with Gasteiger partial charge in [0.25, 0.3) is 5.91 Å². The molecule has 1 amide bonds. The lowest BCUT2D eigenvalue weighted by Gasteiger charge is -2.10. The number of ether oxygens (including phenoxy) is 2. The van der Waals surface area contributed by atoms with E-state index in [1.807, 2.05) is 0 Å². The van der Waals surface area contributed by atoms with E-state index in [4.69, 9.17) is 4.74 Å². The second-order valence-corrected chi connectivity index (χ2v) is 5.34. The molecule has 0 aliphatic rings. The quantitative estimate of drug-likeness (QED) is 0.450. The first-order valence-electron chi connectivity index (χ1n) is 8.04. The van der Waals surface area contributed by atoms with Crippen molar-refractivity contribution < 1.29 is 23.9 Å². The smallest absolute Gasteiger partial charge is 0.339 e. The number of benzene rings is 2. The molecule has 2 rings (SSSR count). The lowest BCUT2D eigenvalue weighted by molar-refractivity contribution is -0.112. The van der Waals surface area contributed by atoms with Crippen LogP contribution in [-0.2, 0) is 14.3 Å². The van der Waals surface area contributed by atoms with Gasteiger partial charge in [0.2, 0.25) is 0 Å². The summed E-state index contributed by atoms with van der Waals surface area (Å²) in [7, 11) is 2.48.